The summed E-state index contributed by atoms with van der Waals surface area (Å²) in [4.78, 5) is 2.32. The number of furan rings is 2. The monoisotopic (exact) mass is 601 g/mol. The van der Waals surface area contributed by atoms with Crippen LogP contribution < -0.4 is 4.90 Å². The average molecular weight is 602 g/mol. The largest absolute Gasteiger partial charge is 0.456 e. The molecular weight excluding hydrogens is 574 g/mol. The van der Waals surface area contributed by atoms with Crippen molar-refractivity contribution >= 4 is 82.5 Å². The minimum Gasteiger partial charge on any atom is -0.456 e. The van der Waals surface area contributed by atoms with Gasteiger partial charge in [0.15, 0.2) is 0 Å². The van der Waals surface area contributed by atoms with E-state index in [2.05, 4.69) is 144 Å². The van der Waals surface area contributed by atoms with Crippen LogP contribution in [0.3, 0.4) is 0 Å². The number of nitrogens with zero attached hydrogens (tertiary/aromatic N) is 1. The average Bonchev–Trinajstić information content (AvgIpc) is 3.70. The van der Waals surface area contributed by atoms with Gasteiger partial charge in [0.1, 0.15) is 22.3 Å². The van der Waals surface area contributed by atoms with Gasteiger partial charge in [-0.2, -0.15) is 0 Å². The van der Waals surface area contributed by atoms with Gasteiger partial charge in [0, 0.05) is 50.2 Å². The van der Waals surface area contributed by atoms with Crippen LogP contribution in [0.4, 0.5) is 17.1 Å². The molecule has 0 atom stereocenters. The van der Waals surface area contributed by atoms with Gasteiger partial charge >= 0.3 is 0 Å². The second kappa shape index (κ2) is 10.1. The zero-order valence-corrected chi connectivity index (χ0v) is 25.4. The highest BCUT2D eigenvalue weighted by Crippen LogP contribution is 2.42. The van der Waals surface area contributed by atoms with Gasteiger partial charge in [-0.3, -0.25) is 0 Å². The highest BCUT2D eigenvalue weighted by molar-refractivity contribution is 6.11. The van der Waals surface area contributed by atoms with Crippen LogP contribution >= 0.6 is 0 Å². The van der Waals surface area contributed by atoms with E-state index in [1.54, 1.807) is 0 Å². The molecule has 10 aromatic rings. The lowest BCUT2D eigenvalue weighted by Gasteiger charge is -2.26. The first-order valence-corrected chi connectivity index (χ1v) is 15.9. The van der Waals surface area contributed by atoms with Gasteiger partial charge in [-0.1, -0.05) is 109 Å². The van der Waals surface area contributed by atoms with Crippen molar-refractivity contribution in [1.82, 2.24) is 0 Å². The molecule has 0 N–H and O–H groups in total. The molecule has 10 rings (SSSR count). The molecule has 0 amide bonds. The summed E-state index contributed by atoms with van der Waals surface area (Å²) < 4.78 is 12.7. The minimum atomic E-state index is 0.869. The fraction of sp³-hybridized carbons (Fsp3) is 0. The van der Waals surface area contributed by atoms with Gasteiger partial charge in [0.2, 0.25) is 0 Å². The van der Waals surface area contributed by atoms with Crippen LogP contribution in [0.1, 0.15) is 0 Å². The smallest absolute Gasteiger partial charge is 0.143 e. The number of benzene rings is 8. The molecule has 0 saturated carbocycles. The lowest BCUT2D eigenvalue weighted by molar-refractivity contribution is 0.669. The predicted molar refractivity (Wildman–Crippen MR) is 196 cm³/mol. The second-order valence-electron chi connectivity index (χ2n) is 12.1. The van der Waals surface area contributed by atoms with Gasteiger partial charge in [0.05, 0.1) is 0 Å². The molecule has 0 bridgehead atoms. The molecular formula is C44H27NO2. The SMILES string of the molecule is c1ccc2c(c1)ccc1ccc(N(c3ccc(-c4cccc5c4oc4ccccc45)cc3)c3ccc4c(c3)oc3ccccc34)cc12. The summed E-state index contributed by atoms with van der Waals surface area (Å²) in [5.41, 5.74) is 8.94. The molecule has 3 heteroatoms. The highest BCUT2D eigenvalue weighted by Gasteiger charge is 2.18. The zero-order valence-electron chi connectivity index (χ0n) is 25.4. The van der Waals surface area contributed by atoms with Crippen molar-refractivity contribution in [2.75, 3.05) is 4.90 Å². The number of hydrogen-bond donors (Lipinski definition) is 0. The summed E-state index contributed by atoms with van der Waals surface area (Å²) in [6, 6.07) is 57.9. The van der Waals surface area contributed by atoms with Gasteiger partial charge < -0.3 is 13.7 Å². The first-order chi connectivity index (χ1) is 23.3. The Labute approximate surface area is 270 Å². The standard InChI is InChI=1S/C44H27NO2/c1-2-9-34-28(8-1)16-17-30-20-23-32(26-40(30)34)45(33-24-25-38-36-10-3-5-14-41(36)46-43(38)27-33)31-21-18-29(19-22-31)35-12-7-13-39-37-11-4-6-15-42(37)47-44(35)39/h1-27H. The van der Waals surface area contributed by atoms with E-state index in [0.717, 1.165) is 72.1 Å². The van der Waals surface area contributed by atoms with Crippen LogP contribution in [0.2, 0.25) is 0 Å². The summed E-state index contributed by atoms with van der Waals surface area (Å²) in [5.74, 6) is 0. The van der Waals surface area contributed by atoms with Crippen molar-refractivity contribution in [2.24, 2.45) is 0 Å². The summed E-state index contributed by atoms with van der Waals surface area (Å²) in [6.45, 7) is 0. The Morgan fingerprint density at radius 2 is 0.915 bits per heavy atom. The number of hydrogen-bond acceptors (Lipinski definition) is 3. The van der Waals surface area contributed by atoms with Gasteiger partial charge in [-0.25, -0.2) is 0 Å². The third-order valence-corrected chi connectivity index (χ3v) is 9.45. The van der Waals surface area contributed by atoms with Crippen molar-refractivity contribution in [3.05, 3.63) is 164 Å². The number of anilines is 3. The Bertz CT molecular complexity index is 2800. The van der Waals surface area contributed by atoms with Crippen molar-refractivity contribution in [3.8, 4) is 11.1 Å². The first-order valence-electron chi connectivity index (χ1n) is 15.9. The van der Waals surface area contributed by atoms with E-state index < -0.39 is 0 Å². The summed E-state index contributed by atoms with van der Waals surface area (Å²) >= 11 is 0. The van der Waals surface area contributed by atoms with E-state index in [0.29, 0.717) is 0 Å². The van der Waals surface area contributed by atoms with Gasteiger partial charge in [-0.05, 0) is 75.6 Å². The molecule has 47 heavy (non-hydrogen) atoms. The number of para-hydroxylation sites is 3. The Morgan fingerprint density at radius 3 is 1.74 bits per heavy atom. The van der Waals surface area contributed by atoms with Crippen LogP contribution in [-0.4, -0.2) is 0 Å². The Kier molecular flexibility index (Phi) is 5.57. The first kappa shape index (κ1) is 26.0. The molecule has 0 aliphatic rings. The fourth-order valence-electron chi connectivity index (χ4n) is 7.19. The third kappa shape index (κ3) is 4.07. The van der Waals surface area contributed by atoms with Crippen LogP contribution in [0, 0.1) is 0 Å². The molecule has 220 valence electrons. The molecule has 0 unspecified atom stereocenters. The Morgan fingerprint density at radius 1 is 0.340 bits per heavy atom. The summed E-state index contributed by atoms with van der Waals surface area (Å²) in [5, 5.41) is 9.43. The Hall–Kier alpha value is -6.32. The maximum absolute atomic E-state index is 6.38. The molecule has 0 aliphatic carbocycles. The quantitative estimate of drug-likeness (QED) is 0.188. The molecule has 0 saturated heterocycles. The molecule has 0 aliphatic heterocycles. The van der Waals surface area contributed by atoms with Gasteiger partial charge in [0.25, 0.3) is 0 Å². The highest BCUT2D eigenvalue weighted by atomic mass is 16.3. The second-order valence-corrected chi connectivity index (χ2v) is 12.1. The minimum absolute atomic E-state index is 0.869. The van der Waals surface area contributed by atoms with E-state index in [-0.39, 0.29) is 0 Å². The van der Waals surface area contributed by atoms with Crippen molar-refractivity contribution in [3.63, 3.8) is 0 Å². The maximum Gasteiger partial charge on any atom is 0.143 e. The van der Waals surface area contributed by atoms with Crippen LogP contribution in [-0.2, 0) is 0 Å². The maximum atomic E-state index is 6.38. The lowest BCUT2D eigenvalue weighted by atomic mass is 10.00. The van der Waals surface area contributed by atoms with Crippen LogP contribution in [0.5, 0.6) is 0 Å². The molecule has 8 aromatic carbocycles. The topological polar surface area (TPSA) is 29.5 Å². The fourth-order valence-corrected chi connectivity index (χ4v) is 7.19. The van der Waals surface area contributed by atoms with E-state index in [1.807, 2.05) is 24.3 Å². The number of fused-ring (bicyclic) bond motifs is 9. The van der Waals surface area contributed by atoms with E-state index in [9.17, 15) is 0 Å². The molecule has 0 radical (unpaired) electrons. The van der Waals surface area contributed by atoms with Gasteiger partial charge in [-0.15, -0.1) is 0 Å². The van der Waals surface area contributed by atoms with Crippen LogP contribution in [0.25, 0.3) is 76.5 Å². The Balaban J connectivity index is 1.15. The van der Waals surface area contributed by atoms with Crippen molar-refractivity contribution in [2.45, 2.75) is 0 Å². The predicted octanol–water partition coefficient (Wildman–Crippen LogP) is 12.9. The normalized spacial score (nSPS) is 11.8. The van der Waals surface area contributed by atoms with E-state index >= 15 is 0 Å². The zero-order chi connectivity index (χ0) is 30.9. The summed E-state index contributed by atoms with van der Waals surface area (Å²) in [7, 11) is 0. The molecule has 0 spiro atoms. The van der Waals surface area contributed by atoms with Crippen molar-refractivity contribution in [1.29, 1.82) is 0 Å². The van der Waals surface area contributed by atoms with Crippen molar-refractivity contribution < 1.29 is 8.83 Å². The van der Waals surface area contributed by atoms with E-state index in [4.69, 9.17) is 8.83 Å². The lowest BCUT2D eigenvalue weighted by Crippen LogP contribution is -2.09. The summed E-state index contributed by atoms with van der Waals surface area (Å²) in [6.07, 6.45) is 0. The van der Waals surface area contributed by atoms with E-state index in [1.165, 1.54) is 21.5 Å². The molecule has 2 aromatic heterocycles. The third-order valence-electron chi connectivity index (χ3n) is 9.45. The molecule has 3 nitrogen and oxygen atoms in total. The number of rotatable bonds is 4. The molecule has 0 fully saturated rings. The van der Waals surface area contributed by atoms with Crippen LogP contribution in [0.15, 0.2) is 173 Å². The molecule has 2 heterocycles.